The number of carbonyl (C=O) groups is 1. The number of benzene rings is 1. The first-order valence-corrected chi connectivity index (χ1v) is 7.16. The number of amides is 1. The zero-order valence-corrected chi connectivity index (χ0v) is 13.1. The topological polar surface area (TPSA) is 84.3 Å². The molecular weight excluding hydrogens is 326 g/mol. The SMILES string of the molecule is CC(C)NCCCC(=O)Nc1cc([N+](=O)[O-])ccc1Br. The molecule has 0 unspecified atom stereocenters. The predicted molar refractivity (Wildman–Crippen MR) is 81.8 cm³/mol. The number of nitrogens with zero attached hydrogens (tertiary/aromatic N) is 1. The van der Waals surface area contributed by atoms with Crippen LogP contribution >= 0.6 is 15.9 Å². The van der Waals surface area contributed by atoms with Crippen LogP contribution in [0.3, 0.4) is 0 Å². The van der Waals surface area contributed by atoms with Gasteiger partial charge in [-0.1, -0.05) is 13.8 Å². The molecule has 0 saturated heterocycles. The Morgan fingerprint density at radius 2 is 2.15 bits per heavy atom. The summed E-state index contributed by atoms with van der Waals surface area (Å²) < 4.78 is 0.622. The van der Waals surface area contributed by atoms with Gasteiger partial charge in [0.1, 0.15) is 0 Å². The van der Waals surface area contributed by atoms with Crippen LogP contribution in [0.25, 0.3) is 0 Å². The molecule has 0 bridgehead atoms. The Hall–Kier alpha value is -1.47. The third-order valence-corrected chi connectivity index (χ3v) is 3.26. The van der Waals surface area contributed by atoms with Gasteiger partial charge in [0, 0.05) is 29.1 Å². The zero-order valence-electron chi connectivity index (χ0n) is 11.5. The third kappa shape index (κ3) is 5.66. The third-order valence-electron chi connectivity index (χ3n) is 2.57. The Balaban J connectivity index is 2.53. The Morgan fingerprint density at radius 1 is 1.45 bits per heavy atom. The lowest BCUT2D eigenvalue weighted by atomic mass is 10.2. The average molecular weight is 344 g/mol. The standard InChI is InChI=1S/C13H18BrN3O3/c1-9(2)15-7-3-4-13(18)16-12-8-10(17(19)20)5-6-11(12)14/h5-6,8-9,15H,3-4,7H2,1-2H3,(H,16,18). The highest BCUT2D eigenvalue weighted by Crippen LogP contribution is 2.27. The number of non-ortho nitro benzene ring substituents is 1. The highest BCUT2D eigenvalue weighted by Gasteiger charge is 2.11. The van der Waals surface area contributed by atoms with E-state index in [-0.39, 0.29) is 11.6 Å². The average Bonchev–Trinajstić information content (AvgIpc) is 2.37. The normalized spacial score (nSPS) is 10.6. The van der Waals surface area contributed by atoms with Crippen molar-refractivity contribution < 1.29 is 9.72 Å². The molecule has 0 aliphatic heterocycles. The minimum atomic E-state index is -0.491. The summed E-state index contributed by atoms with van der Waals surface area (Å²) in [6, 6.07) is 4.67. The van der Waals surface area contributed by atoms with Gasteiger partial charge in [0.25, 0.3) is 5.69 Å². The maximum absolute atomic E-state index is 11.8. The van der Waals surface area contributed by atoms with Gasteiger partial charge in [-0.25, -0.2) is 0 Å². The maximum Gasteiger partial charge on any atom is 0.271 e. The molecule has 1 aromatic rings. The van der Waals surface area contributed by atoms with Crippen LogP contribution in [-0.4, -0.2) is 23.4 Å². The van der Waals surface area contributed by atoms with Crippen molar-refractivity contribution in [3.05, 3.63) is 32.8 Å². The van der Waals surface area contributed by atoms with E-state index in [1.165, 1.54) is 12.1 Å². The zero-order chi connectivity index (χ0) is 15.1. The number of hydrogen-bond donors (Lipinski definition) is 2. The van der Waals surface area contributed by atoms with E-state index in [2.05, 4.69) is 26.6 Å². The van der Waals surface area contributed by atoms with Crippen molar-refractivity contribution in [1.82, 2.24) is 5.32 Å². The number of nitro groups is 1. The van der Waals surface area contributed by atoms with E-state index in [9.17, 15) is 14.9 Å². The van der Waals surface area contributed by atoms with Crippen LogP contribution in [0.4, 0.5) is 11.4 Å². The second-order valence-electron chi connectivity index (χ2n) is 4.68. The van der Waals surface area contributed by atoms with E-state index < -0.39 is 4.92 Å². The Morgan fingerprint density at radius 3 is 2.75 bits per heavy atom. The molecule has 110 valence electrons. The van der Waals surface area contributed by atoms with E-state index in [4.69, 9.17) is 0 Å². The van der Waals surface area contributed by atoms with Gasteiger partial charge in [-0.15, -0.1) is 0 Å². The molecule has 1 amide bonds. The van der Waals surface area contributed by atoms with Crippen LogP contribution in [0, 0.1) is 10.1 Å². The second kappa shape index (κ2) is 7.96. The monoisotopic (exact) mass is 343 g/mol. The first kappa shape index (κ1) is 16.6. The molecule has 2 N–H and O–H groups in total. The quantitative estimate of drug-likeness (QED) is 0.452. The number of halogens is 1. The summed E-state index contributed by atoms with van der Waals surface area (Å²) in [7, 11) is 0. The van der Waals surface area contributed by atoms with Crippen molar-refractivity contribution in [3.8, 4) is 0 Å². The molecule has 1 rings (SSSR count). The fraction of sp³-hybridized carbons (Fsp3) is 0.462. The summed E-state index contributed by atoms with van der Waals surface area (Å²) >= 11 is 3.26. The molecule has 0 aromatic heterocycles. The summed E-state index contributed by atoms with van der Waals surface area (Å²) in [5.41, 5.74) is 0.367. The largest absolute Gasteiger partial charge is 0.325 e. The summed E-state index contributed by atoms with van der Waals surface area (Å²) in [6.07, 6.45) is 1.09. The molecule has 0 saturated carbocycles. The van der Waals surface area contributed by atoms with Crippen LogP contribution in [0.2, 0.25) is 0 Å². The summed E-state index contributed by atoms with van der Waals surface area (Å²) in [4.78, 5) is 22.0. The van der Waals surface area contributed by atoms with E-state index >= 15 is 0 Å². The number of nitrogens with one attached hydrogen (secondary N) is 2. The first-order chi connectivity index (χ1) is 9.40. The number of hydrogen-bond acceptors (Lipinski definition) is 4. The van der Waals surface area contributed by atoms with Crippen molar-refractivity contribution in [2.24, 2.45) is 0 Å². The molecule has 0 atom stereocenters. The minimum Gasteiger partial charge on any atom is -0.325 e. The van der Waals surface area contributed by atoms with Gasteiger partial charge in [0.15, 0.2) is 0 Å². The van der Waals surface area contributed by atoms with Crippen LogP contribution in [-0.2, 0) is 4.79 Å². The van der Waals surface area contributed by atoms with Gasteiger partial charge >= 0.3 is 0 Å². The van der Waals surface area contributed by atoms with Crippen LogP contribution in [0.5, 0.6) is 0 Å². The molecule has 7 heteroatoms. The van der Waals surface area contributed by atoms with Crippen molar-refractivity contribution in [3.63, 3.8) is 0 Å². The highest BCUT2D eigenvalue weighted by atomic mass is 79.9. The smallest absolute Gasteiger partial charge is 0.271 e. The number of carbonyl (C=O) groups excluding carboxylic acids is 1. The van der Waals surface area contributed by atoms with Crippen molar-refractivity contribution in [1.29, 1.82) is 0 Å². The first-order valence-electron chi connectivity index (χ1n) is 6.37. The van der Waals surface area contributed by atoms with Gasteiger partial charge in [-0.05, 0) is 35.0 Å². The minimum absolute atomic E-state index is 0.0509. The molecule has 0 fully saturated rings. The second-order valence-corrected chi connectivity index (χ2v) is 5.54. The lowest BCUT2D eigenvalue weighted by Gasteiger charge is -2.09. The van der Waals surface area contributed by atoms with E-state index in [1.54, 1.807) is 6.07 Å². The van der Waals surface area contributed by atoms with Crippen molar-refractivity contribution in [2.45, 2.75) is 32.7 Å². The Bertz CT molecular complexity index is 492. The van der Waals surface area contributed by atoms with Gasteiger partial charge in [-0.3, -0.25) is 14.9 Å². The lowest BCUT2D eigenvalue weighted by Crippen LogP contribution is -2.24. The molecule has 0 radical (unpaired) electrons. The van der Waals surface area contributed by atoms with Gasteiger partial charge in [0.05, 0.1) is 10.6 Å². The molecule has 0 heterocycles. The summed E-state index contributed by atoms with van der Waals surface area (Å²) in [6.45, 7) is 4.85. The molecule has 1 aromatic carbocycles. The van der Waals surface area contributed by atoms with Gasteiger partial charge in [-0.2, -0.15) is 0 Å². The van der Waals surface area contributed by atoms with E-state index in [0.29, 0.717) is 22.6 Å². The Kier molecular flexibility index (Phi) is 6.60. The van der Waals surface area contributed by atoms with Crippen LogP contribution in [0.1, 0.15) is 26.7 Å². The molecule has 20 heavy (non-hydrogen) atoms. The molecule has 6 nitrogen and oxygen atoms in total. The molecular formula is C13H18BrN3O3. The molecule has 0 aliphatic rings. The molecule has 0 aliphatic carbocycles. The predicted octanol–water partition coefficient (Wildman–Crippen LogP) is 3.07. The fourth-order valence-corrected chi connectivity index (χ4v) is 1.92. The van der Waals surface area contributed by atoms with Crippen molar-refractivity contribution >= 4 is 33.2 Å². The van der Waals surface area contributed by atoms with Gasteiger partial charge in [0.2, 0.25) is 5.91 Å². The van der Waals surface area contributed by atoms with E-state index in [1.807, 2.05) is 13.8 Å². The highest BCUT2D eigenvalue weighted by molar-refractivity contribution is 9.10. The maximum atomic E-state index is 11.8. The van der Waals surface area contributed by atoms with Crippen LogP contribution < -0.4 is 10.6 Å². The fourth-order valence-electron chi connectivity index (χ4n) is 1.58. The number of rotatable bonds is 7. The molecule has 0 spiro atoms. The van der Waals surface area contributed by atoms with Gasteiger partial charge < -0.3 is 10.6 Å². The number of anilines is 1. The lowest BCUT2D eigenvalue weighted by molar-refractivity contribution is -0.384. The summed E-state index contributed by atoms with van der Waals surface area (Å²) in [5.74, 6) is -0.156. The van der Waals surface area contributed by atoms with Crippen molar-refractivity contribution in [2.75, 3.05) is 11.9 Å². The Labute approximate surface area is 126 Å². The van der Waals surface area contributed by atoms with E-state index in [0.717, 1.165) is 13.0 Å². The van der Waals surface area contributed by atoms with Crippen LogP contribution in [0.15, 0.2) is 22.7 Å². The number of nitro benzene ring substituents is 1. The summed E-state index contributed by atoms with van der Waals surface area (Å²) in [5, 5.41) is 16.6.